The van der Waals surface area contributed by atoms with Crippen LogP contribution in [0.25, 0.3) is 0 Å². The minimum Gasteiger partial charge on any atom is -0.279 e. The van der Waals surface area contributed by atoms with Crippen molar-refractivity contribution in [2.75, 3.05) is 4.31 Å². The SMILES string of the molecule is CC(C(=O)Cl)N(c1cc([N+](=O)[O-])ccc1Cl)S(=O)(=O)c1ccc(Br)cc1. The van der Waals surface area contributed by atoms with Gasteiger partial charge in [0.2, 0.25) is 5.24 Å². The highest BCUT2D eigenvalue weighted by molar-refractivity contribution is 9.10. The summed E-state index contributed by atoms with van der Waals surface area (Å²) in [6.07, 6.45) is 0. The summed E-state index contributed by atoms with van der Waals surface area (Å²) in [5.74, 6) is 0. The van der Waals surface area contributed by atoms with Crippen LogP contribution in [0.4, 0.5) is 11.4 Å². The molecule has 2 rings (SSSR count). The molecule has 0 bridgehead atoms. The highest BCUT2D eigenvalue weighted by atomic mass is 79.9. The van der Waals surface area contributed by atoms with Crippen molar-refractivity contribution >= 4 is 65.8 Å². The van der Waals surface area contributed by atoms with Crippen LogP contribution in [0.2, 0.25) is 5.02 Å². The average Bonchev–Trinajstić information content (AvgIpc) is 2.56. The van der Waals surface area contributed by atoms with Crippen molar-refractivity contribution in [1.82, 2.24) is 0 Å². The maximum absolute atomic E-state index is 13.1. The van der Waals surface area contributed by atoms with Gasteiger partial charge in [0, 0.05) is 16.6 Å². The van der Waals surface area contributed by atoms with Crippen LogP contribution in [-0.4, -0.2) is 24.6 Å². The Labute approximate surface area is 167 Å². The van der Waals surface area contributed by atoms with E-state index >= 15 is 0 Å². The lowest BCUT2D eigenvalue weighted by Crippen LogP contribution is -2.42. The van der Waals surface area contributed by atoms with E-state index in [1.807, 2.05) is 0 Å². The van der Waals surface area contributed by atoms with Gasteiger partial charge in [-0.15, -0.1) is 0 Å². The number of benzene rings is 2. The lowest BCUT2D eigenvalue weighted by Gasteiger charge is -2.29. The zero-order chi connectivity index (χ0) is 19.6. The Kier molecular flexibility index (Phi) is 6.28. The number of nitro groups is 1. The maximum atomic E-state index is 13.1. The van der Waals surface area contributed by atoms with Crippen LogP contribution < -0.4 is 4.31 Å². The number of anilines is 1. The molecule has 0 aliphatic heterocycles. The Bertz CT molecular complexity index is 967. The summed E-state index contributed by atoms with van der Waals surface area (Å²) in [7, 11) is -4.28. The van der Waals surface area contributed by atoms with Crippen LogP contribution in [0.5, 0.6) is 0 Å². The molecule has 0 saturated heterocycles. The standard InChI is InChI=1S/C15H11BrCl2N2O5S/c1-9(15(18)21)19(14-8-11(20(22)23)4-7-13(14)17)26(24,25)12-5-2-10(16)3-6-12/h2-9H,1H3. The number of carbonyl (C=O) groups is 1. The first kappa shape index (κ1) is 20.6. The molecule has 0 heterocycles. The van der Waals surface area contributed by atoms with Crippen molar-refractivity contribution in [2.24, 2.45) is 0 Å². The zero-order valence-electron chi connectivity index (χ0n) is 13.1. The molecule has 138 valence electrons. The fourth-order valence-electron chi connectivity index (χ4n) is 2.14. The Balaban J connectivity index is 2.72. The number of halogens is 3. The molecule has 7 nitrogen and oxygen atoms in total. The molecule has 26 heavy (non-hydrogen) atoms. The summed E-state index contributed by atoms with van der Waals surface area (Å²) in [6.45, 7) is 1.26. The van der Waals surface area contributed by atoms with E-state index in [1.54, 1.807) is 0 Å². The van der Waals surface area contributed by atoms with Gasteiger partial charge in [-0.1, -0.05) is 27.5 Å². The first-order valence-corrected chi connectivity index (χ1v) is 9.98. The van der Waals surface area contributed by atoms with Gasteiger partial charge in [-0.2, -0.15) is 0 Å². The molecule has 0 aliphatic rings. The third-order valence-electron chi connectivity index (χ3n) is 3.43. The predicted molar refractivity (Wildman–Crippen MR) is 102 cm³/mol. The molecule has 0 saturated carbocycles. The van der Waals surface area contributed by atoms with E-state index in [1.165, 1.54) is 37.3 Å². The zero-order valence-corrected chi connectivity index (χ0v) is 17.0. The number of hydrogen-bond donors (Lipinski definition) is 0. The van der Waals surface area contributed by atoms with E-state index in [-0.39, 0.29) is 21.3 Å². The molecule has 0 aromatic heterocycles. The maximum Gasteiger partial charge on any atom is 0.271 e. The lowest BCUT2D eigenvalue weighted by molar-refractivity contribution is -0.384. The molecule has 1 atom stereocenters. The largest absolute Gasteiger partial charge is 0.279 e. The third-order valence-corrected chi connectivity index (χ3v) is 6.49. The third kappa shape index (κ3) is 4.17. The Morgan fingerprint density at radius 3 is 2.31 bits per heavy atom. The van der Waals surface area contributed by atoms with Crippen molar-refractivity contribution in [1.29, 1.82) is 0 Å². The molecular formula is C15H11BrCl2N2O5S. The Hall–Kier alpha value is -1.68. The highest BCUT2D eigenvalue weighted by Crippen LogP contribution is 2.35. The minimum absolute atomic E-state index is 0.0824. The second-order valence-corrected chi connectivity index (χ2v) is 8.64. The fourth-order valence-corrected chi connectivity index (χ4v) is 4.45. The van der Waals surface area contributed by atoms with Crippen LogP contribution in [0.3, 0.4) is 0 Å². The van der Waals surface area contributed by atoms with Gasteiger partial charge in [0.15, 0.2) is 0 Å². The summed E-state index contributed by atoms with van der Waals surface area (Å²) in [5, 5.41) is 10.00. The summed E-state index contributed by atoms with van der Waals surface area (Å²) in [6, 6.07) is 7.61. The first-order valence-electron chi connectivity index (χ1n) is 6.99. The lowest BCUT2D eigenvalue weighted by atomic mass is 10.2. The topological polar surface area (TPSA) is 97.6 Å². The van der Waals surface area contributed by atoms with Crippen LogP contribution >= 0.6 is 39.1 Å². The Morgan fingerprint density at radius 1 is 1.23 bits per heavy atom. The van der Waals surface area contributed by atoms with Crippen molar-refractivity contribution < 1.29 is 18.1 Å². The second kappa shape index (κ2) is 7.91. The summed E-state index contributed by atoms with van der Waals surface area (Å²) >= 11 is 14.8. The molecule has 0 spiro atoms. The summed E-state index contributed by atoms with van der Waals surface area (Å²) in [5.41, 5.74) is -0.597. The van der Waals surface area contributed by atoms with Gasteiger partial charge in [0.05, 0.1) is 20.5 Å². The van der Waals surface area contributed by atoms with E-state index in [4.69, 9.17) is 23.2 Å². The number of nitrogens with zero attached hydrogens (tertiary/aromatic N) is 2. The van der Waals surface area contributed by atoms with E-state index in [9.17, 15) is 23.3 Å². The van der Waals surface area contributed by atoms with Gasteiger partial charge in [0.25, 0.3) is 15.7 Å². The molecular weight excluding hydrogens is 471 g/mol. The molecule has 2 aromatic carbocycles. The van der Waals surface area contributed by atoms with E-state index < -0.39 is 26.2 Å². The van der Waals surface area contributed by atoms with Crippen LogP contribution in [0.1, 0.15) is 6.92 Å². The first-order chi connectivity index (χ1) is 12.1. The number of rotatable bonds is 6. The molecule has 0 fully saturated rings. The normalized spacial score (nSPS) is 12.5. The molecule has 2 aromatic rings. The van der Waals surface area contributed by atoms with Gasteiger partial charge in [-0.3, -0.25) is 19.2 Å². The number of sulfonamides is 1. The molecule has 11 heteroatoms. The highest BCUT2D eigenvalue weighted by Gasteiger charge is 2.34. The van der Waals surface area contributed by atoms with Crippen LogP contribution in [-0.2, 0) is 14.8 Å². The van der Waals surface area contributed by atoms with Crippen LogP contribution in [0.15, 0.2) is 51.8 Å². The van der Waals surface area contributed by atoms with Gasteiger partial charge in [-0.05, 0) is 48.9 Å². The van der Waals surface area contributed by atoms with Crippen molar-refractivity contribution in [3.05, 3.63) is 62.1 Å². The smallest absolute Gasteiger partial charge is 0.271 e. The van der Waals surface area contributed by atoms with E-state index in [0.29, 0.717) is 8.78 Å². The van der Waals surface area contributed by atoms with Crippen molar-refractivity contribution in [2.45, 2.75) is 17.9 Å². The monoisotopic (exact) mass is 480 g/mol. The number of hydrogen-bond acceptors (Lipinski definition) is 5. The Morgan fingerprint density at radius 2 is 1.81 bits per heavy atom. The average molecular weight is 482 g/mol. The molecule has 1 unspecified atom stereocenters. The second-order valence-electron chi connectivity index (χ2n) is 5.13. The van der Waals surface area contributed by atoms with Gasteiger partial charge < -0.3 is 0 Å². The van der Waals surface area contributed by atoms with Gasteiger partial charge in [-0.25, -0.2) is 8.42 Å². The molecule has 0 amide bonds. The van der Waals surface area contributed by atoms with E-state index in [2.05, 4.69) is 15.9 Å². The van der Waals surface area contributed by atoms with Gasteiger partial charge >= 0.3 is 0 Å². The number of non-ortho nitro benzene ring substituents is 1. The quantitative estimate of drug-likeness (QED) is 0.346. The van der Waals surface area contributed by atoms with Crippen molar-refractivity contribution in [3.8, 4) is 0 Å². The van der Waals surface area contributed by atoms with Gasteiger partial charge in [0.1, 0.15) is 6.04 Å². The summed E-state index contributed by atoms with van der Waals surface area (Å²) < 4.78 is 27.5. The molecule has 0 N–H and O–H groups in total. The predicted octanol–water partition coefficient (Wildman–Crippen LogP) is 4.36. The molecule has 0 aliphatic carbocycles. The van der Waals surface area contributed by atoms with Crippen molar-refractivity contribution in [3.63, 3.8) is 0 Å². The number of nitro benzene ring substituents is 1. The number of carbonyl (C=O) groups excluding carboxylic acids is 1. The van der Waals surface area contributed by atoms with E-state index in [0.717, 1.165) is 12.1 Å². The van der Waals surface area contributed by atoms with Crippen LogP contribution in [0, 0.1) is 10.1 Å². The molecule has 0 radical (unpaired) electrons. The minimum atomic E-state index is -4.28. The fraction of sp³-hybridized carbons (Fsp3) is 0.133. The summed E-state index contributed by atoms with van der Waals surface area (Å²) in [4.78, 5) is 21.9.